The van der Waals surface area contributed by atoms with Gasteiger partial charge >= 0.3 is 0 Å². The van der Waals surface area contributed by atoms with Crippen molar-refractivity contribution < 1.29 is 14.0 Å². The van der Waals surface area contributed by atoms with Crippen LogP contribution in [-0.2, 0) is 4.79 Å². The van der Waals surface area contributed by atoms with Crippen LogP contribution in [0.4, 0.5) is 10.1 Å². The van der Waals surface area contributed by atoms with Gasteiger partial charge in [-0.3, -0.25) is 14.5 Å². The first kappa shape index (κ1) is 25.1. The summed E-state index contributed by atoms with van der Waals surface area (Å²) in [6.07, 6.45) is 2.58. The molecular formula is C27H36FN5O2. The molecular weight excluding hydrogens is 445 g/mol. The molecule has 3 heterocycles. The number of benzene rings is 1. The van der Waals surface area contributed by atoms with Crippen LogP contribution < -0.4 is 10.6 Å². The number of hydrogen-bond acceptors (Lipinski definition) is 4. The number of aromatic amines is 1. The van der Waals surface area contributed by atoms with Crippen LogP contribution in [0, 0.1) is 19.7 Å². The van der Waals surface area contributed by atoms with Crippen molar-refractivity contribution in [2.24, 2.45) is 0 Å². The van der Waals surface area contributed by atoms with E-state index in [9.17, 15) is 14.0 Å². The minimum atomic E-state index is -0.401. The number of nitrogens with zero attached hydrogens (tertiary/aromatic N) is 2. The number of fused-ring (bicyclic) bond motifs is 1. The summed E-state index contributed by atoms with van der Waals surface area (Å²) in [7, 11) is 0. The highest BCUT2D eigenvalue weighted by molar-refractivity contribution is 6.34. The molecule has 1 aromatic carbocycles. The summed E-state index contributed by atoms with van der Waals surface area (Å²) >= 11 is 0. The van der Waals surface area contributed by atoms with E-state index in [0.717, 1.165) is 50.4 Å². The molecule has 2 amide bonds. The smallest absolute Gasteiger partial charge is 0.256 e. The first-order chi connectivity index (χ1) is 16.5. The second-order valence-corrected chi connectivity index (χ2v) is 10.5. The van der Waals surface area contributed by atoms with E-state index < -0.39 is 5.82 Å². The second-order valence-electron chi connectivity index (χ2n) is 10.5. The van der Waals surface area contributed by atoms with Crippen LogP contribution in [0.5, 0.6) is 0 Å². The monoisotopic (exact) mass is 481 g/mol. The summed E-state index contributed by atoms with van der Waals surface area (Å²) in [4.78, 5) is 33.6. The Balaban J connectivity index is 1.35. The Hall–Kier alpha value is -2.97. The van der Waals surface area contributed by atoms with Crippen LogP contribution in [0.25, 0.3) is 11.6 Å². The molecule has 188 valence electrons. The lowest BCUT2D eigenvalue weighted by Crippen LogP contribution is -2.53. The number of piperazine rings is 1. The summed E-state index contributed by atoms with van der Waals surface area (Å²) in [5.74, 6) is -0.811. The molecule has 35 heavy (non-hydrogen) atoms. The van der Waals surface area contributed by atoms with Crippen molar-refractivity contribution in [3.05, 3.63) is 52.1 Å². The van der Waals surface area contributed by atoms with Crippen LogP contribution in [0.3, 0.4) is 0 Å². The summed E-state index contributed by atoms with van der Waals surface area (Å²) in [5.41, 5.74) is 4.47. The molecule has 7 nitrogen and oxygen atoms in total. The zero-order valence-corrected chi connectivity index (χ0v) is 21.3. The Kier molecular flexibility index (Phi) is 7.15. The second kappa shape index (κ2) is 9.95. The van der Waals surface area contributed by atoms with Crippen molar-refractivity contribution in [2.75, 3.05) is 44.6 Å². The zero-order valence-electron chi connectivity index (χ0n) is 21.3. The largest absolute Gasteiger partial charge is 0.358 e. The predicted octanol–water partition coefficient (Wildman–Crippen LogP) is 3.80. The van der Waals surface area contributed by atoms with E-state index in [1.165, 1.54) is 12.1 Å². The Morgan fingerprint density at radius 3 is 2.57 bits per heavy atom. The van der Waals surface area contributed by atoms with Crippen molar-refractivity contribution >= 4 is 29.2 Å². The van der Waals surface area contributed by atoms with Gasteiger partial charge in [0.15, 0.2) is 0 Å². The minimum absolute atomic E-state index is 0.124. The van der Waals surface area contributed by atoms with Crippen LogP contribution >= 0.6 is 0 Å². The number of carbonyl (C=O) groups is 2. The van der Waals surface area contributed by atoms with E-state index in [0.29, 0.717) is 34.6 Å². The van der Waals surface area contributed by atoms with Crippen LogP contribution in [-0.4, -0.2) is 71.4 Å². The van der Waals surface area contributed by atoms with E-state index in [1.807, 2.05) is 13.8 Å². The van der Waals surface area contributed by atoms with Gasteiger partial charge in [-0.05, 0) is 77.4 Å². The average Bonchev–Trinajstić information content (AvgIpc) is 3.25. The van der Waals surface area contributed by atoms with Crippen molar-refractivity contribution in [1.82, 2.24) is 20.1 Å². The zero-order chi connectivity index (χ0) is 25.3. The molecule has 4 rings (SSSR count). The Bertz CT molecular complexity index is 1150. The lowest BCUT2D eigenvalue weighted by molar-refractivity contribution is -0.110. The first-order valence-corrected chi connectivity index (χ1v) is 12.3. The lowest BCUT2D eigenvalue weighted by Gasteiger charge is -2.42. The van der Waals surface area contributed by atoms with Crippen LogP contribution in [0.15, 0.2) is 18.2 Å². The van der Waals surface area contributed by atoms with E-state index >= 15 is 0 Å². The third-order valence-corrected chi connectivity index (χ3v) is 7.01. The molecule has 2 aliphatic heterocycles. The number of carbonyl (C=O) groups excluding carboxylic acids is 2. The topological polar surface area (TPSA) is 80.5 Å². The van der Waals surface area contributed by atoms with Crippen LogP contribution in [0.2, 0.25) is 0 Å². The number of rotatable bonds is 6. The Morgan fingerprint density at radius 2 is 1.89 bits per heavy atom. The molecule has 1 saturated heterocycles. The number of H-pyrrole nitrogens is 1. The number of anilines is 1. The quantitative estimate of drug-likeness (QED) is 0.433. The van der Waals surface area contributed by atoms with Gasteiger partial charge in [0.05, 0.1) is 11.1 Å². The van der Waals surface area contributed by atoms with E-state index in [2.05, 4.69) is 46.2 Å². The highest BCUT2D eigenvalue weighted by Crippen LogP contribution is 2.34. The molecule has 0 saturated carbocycles. The lowest BCUT2D eigenvalue weighted by atomic mass is 10.0. The van der Waals surface area contributed by atoms with Crippen molar-refractivity contribution in [2.45, 2.75) is 46.6 Å². The maximum Gasteiger partial charge on any atom is 0.256 e. The molecule has 0 spiro atoms. The third-order valence-electron chi connectivity index (χ3n) is 7.01. The van der Waals surface area contributed by atoms with Gasteiger partial charge in [-0.15, -0.1) is 0 Å². The summed E-state index contributed by atoms with van der Waals surface area (Å²) in [6.45, 7) is 16.3. The fourth-order valence-electron chi connectivity index (χ4n) is 4.94. The summed E-state index contributed by atoms with van der Waals surface area (Å²) in [5, 5.41) is 5.80. The maximum atomic E-state index is 13.8. The van der Waals surface area contributed by atoms with Gasteiger partial charge in [0.1, 0.15) is 5.82 Å². The average molecular weight is 482 g/mol. The number of halogens is 1. The first-order valence-electron chi connectivity index (χ1n) is 12.3. The van der Waals surface area contributed by atoms with Gasteiger partial charge < -0.3 is 20.5 Å². The molecule has 1 aromatic heterocycles. The number of aryl methyl sites for hydroxylation is 1. The molecule has 1 fully saturated rings. The van der Waals surface area contributed by atoms with E-state index in [4.69, 9.17) is 0 Å². The molecule has 3 N–H and O–H groups in total. The van der Waals surface area contributed by atoms with Crippen LogP contribution in [0.1, 0.15) is 60.1 Å². The van der Waals surface area contributed by atoms with Crippen molar-refractivity contribution in [3.8, 4) is 0 Å². The van der Waals surface area contributed by atoms with Gasteiger partial charge in [0.25, 0.3) is 11.8 Å². The highest BCUT2D eigenvalue weighted by Gasteiger charge is 2.27. The number of aromatic nitrogens is 1. The molecule has 0 radical (unpaired) electrons. The molecule has 0 unspecified atom stereocenters. The van der Waals surface area contributed by atoms with Crippen molar-refractivity contribution in [3.63, 3.8) is 0 Å². The van der Waals surface area contributed by atoms with Gasteiger partial charge in [-0.1, -0.05) is 0 Å². The summed E-state index contributed by atoms with van der Waals surface area (Å²) < 4.78 is 13.8. The normalized spacial score (nSPS) is 18.1. The molecule has 2 aliphatic rings. The summed E-state index contributed by atoms with van der Waals surface area (Å²) in [6, 6.07) is 4.22. The molecule has 0 aliphatic carbocycles. The van der Waals surface area contributed by atoms with Gasteiger partial charge in [0, 0.05) is 60.9 Å². The highest BCUT2D eigenvalue weighted by atomic mass is 19.1. The van der Waals surface area contributed by atoms with Gasteiger partial charge in [0.2, 0.25) is 0 Å². The maximum absolute atomic E-state index is 13.8. The molecule has 2 aromatic rings. The van der Waals surface area contributed by atoms with Gasteiger partial charge in [-0.25, -0.2) is 4.39 Å². The number of nitrogens with one attached hydrogen (secondary N) is 3. The molecule has 0 bridgehead atoms. The van der Waals surface area contributed by atoms with Crippen molar-refractivity contribution in [1.29, 1.82) is 0 Å². The fourth-order valence-corrected chi connectivity index (χ4v) is 4.94. The fraction of sp³-hybridized carbons (Fsp3) is 0.481. The minimum Gasteiger partial charge on any atom is -0.358 e. The Labute approximate surface area is 206 Å². The third kappa shape index (κ3) is 5.49. The molecule has 8 heteroatoms. The standard InChI is InChI=1S/C27H36FN5O2/c1-17-23(16-21-20-15-19(28)7-8-22(20)31-25(21)34)30-18(2)24(17)26(35)29-9-6-10-32-11-13-33(14-12-32)27(3,4)5/h7-8,15-16,30H,6,9-14H2,1-5H3,(H,29,35)(H,31,34)/b21-16-. The Morgan fingerprint density at radius 1 is 1.17 bits per heavy atom. The van der Waals surface area contributed by atoms with E-state index in [1.54, 1.807) is 12.1 Å². The number of amides is 2. The SMILES string of the molecule is Cc1[nH]c(/C=C2\C(=O)Nc3ccc(F)cc32)c(C)c1C(=O)NCCCN1CCN(C(C)(C)C)CC1. The van der Waals surface area contributed by atoms with E-state index in [-0.39, 0.29) is 17.4 Å². The molecule has 0 atom stereocenters. The predicted molar refractivity (Wildman–Crippen MR) is 138 cm³/mol. The van der Waals surface area contributed by atoms with Gasteiger partial charge in [-0.2, -0.15) is 0 Å². The number of hydrogen-bond donors (Lipinski definition) is 3.